The number of carbonyl (C=O) groups excluding carboxylic acids is 1. The number of nitrogens with zero attached hydrogens (tertiary/aromatic N) is 3. The van der Waals surface area contributed by atoms with Crippen LogP contribution in [0.15, 0.2) is 36.7 Å². The van der Waals surface area contributed by atoms with Gasteiger partial charge < -0.3 is 5.32 Å². The van der Waals surface area contributed by atoms with Crippen molar-refractivity contribution in [1.29, 1.82) is 0 Å². The number of halogens is 1. The Morgan fingerprint density at radius 1 is 1.32 bits per heavy atom. The van der Waals surface area contributed by atoms with Crippen LogP contribution in [0.5, 0.6) is 0 Å². The van der Waals surface area contributed by atoms with Gasteiger partial charge in [-0.2, -0.15) is 5.10 Å². The van der Waals surface area contributed by atoms with Crippen molar-refractivity contribution in [2.24, 2.45) is 13.0 Å². The molecule has 3 atom stereocenters. The molecule has 1 amide bonds. The van der Waals surface area contributed by atoms with E-state index in [1.807, 2.05) is 31.6 Å². The lowest BCUT2D eigenvalue weighted by Crippen LogP contribution is -2.37. The fourth-order valence-electron chi connectivity index (χ4n) is 4.30. The molecule has 0 saturated carbocycles. The molecule has 2 aliphatic rings. The van der Waals surface area contributed by atoms with E-state index in [1.165, 1.54) is 12.1 Å². The van der Waals surface area contributed by atoms with Crippen LogP contribution in [0, 0.1) is 11.7 Å². The van der Waals surface area contributed by atoms with Gasteiger partial charge in [-0.25, -0.2) is 4.39 Å². The van der Waals surface area contributed by atoms with E-state index in [0.29, 0.717) is 0 Å². The maximum atomic E-state index is 13.3. The SMILES string of the molecule is Cn1cc(CN2[C@H](c3ccc(F)cc3)C[C@H]3C(=O)NCCC[C@@H]32)cn1. The van der Waals surface area contributed by atoms with Crippen LogP contribution in [0.1, 0.15) is 36.4 Å². The largest absolute Gasteiger partial charge is 0.356 e. The van der Waals surface area contributed by atoms with Crippen LogP contribution in [0.3, 0.4) is 0 Å². The van der Waals surface area contributed by atoms with Gasteiger partial charge in [-0.15, -0.1) is 0 Å². The molecule has 3 heterocycles. The number of carbonyl (C=O) groups is 1. The van der Waals surface area contributed by atoms with Crippen LogP contribution in [-0.2, 0) is 18.4 Å². The predicted octanol–water partition coefficient (Wildman–Crippen LogP) is 2.40. The van der Waals surface area contributed by atoms with Gasteiger partial charge in [0.25, 0.3) is 0 Å². The number of benzene rings is 1. The highest BCUT2D eigenvalue weighted by Gasteiger charge is 2.45. The van der Waals surface area contributed by atoms with E-state index >= 15 is 0 Å². The van der Waals surface area contributed by atoms with Gasteiger partial charge in [-0.05, 0) is 37.0 Å². The minimum atomic E-state index is -0.229. The average molecular weight is 342 g/mol. The average Bonchev–Trinajstić information content (AvgIpc) is 3.11. The summed E-state index contributed by atoms with van der Waals surface area (Å²) in [6.07, 6.45) is 6.67. The zero-order chi connectivity index (χ0) is 17.4. The van der Waals surface area contributed by atoms with Crippen molar-refractivity contribution in [2.45, 2.75) is 37.9 Å². The Hall–Kier alpha value is -2.21. The highest BCUT2D eigenvalue weighted by molar-refractivity contribution is 5.80. The van der Waals surface area contributed by atoms with Crippen molar-refractivity contribution in [1.82, 2.24) is 20.0 Å². The van der Waals surface area contributed by atoms with Crippen molar-refractivity contribution in [3.63, 3.8) is 0 Å². The molecule has 0 unspecified atom stereocenters. The molecule has 5 nitrogen and oxygen atoms in total. The summed E-state index contributed by atoms with van der Waals surface area (Å²) in [6, 6.07) is 7.05. The van der Waals surface area contributed by atoms with Crippen molar-refractivity contribution >= 4 is 5.91 Å². The second-order valence-corrected chi connectivity index (χ2v) is 7.10. The van der Waals surface area contributed by atoms with E-state index in [4.69, 9.17) is 0 Å². The number of amides is 1. The van der Waals surface area contributed by atoms with Gasteiger partial charge in [0, 0.05) is 44.0 Å². The van der Waals surface area contributed by atoms with E-state index in [1.54, 1.807) is 4.68 Å². The Kier molecular flexibility index (Phi) is 4.29. The highest BCUT2D eigenvalue weighted by Crippen LogP contribution is 2.43. The minimum Gasteiger partial charge on any atom is -0.356 e. The van der Waals surface area contributed by atoms with E-state index in [2.05, 4.69) is 15.3 Å². The summed E-state index contributed by atoms with van der Waals surface area (Å²) in [7, 11) is 1.91. The Labute approximate surface area is 146 Å². The maximum absolute atomic E-state index is 13.3. The van der Waals surface area contributed by atoms with Gasteiger partial charge in [0.2, 0.25) is 5.91 Å². The van der Waals surface area contributed by atoms with Crippen LogP contribution in [0.4, 0.5) is 4.39 Å². The standard InChI is InChI=1S/C19H23FN4O/c1-23-11-13(10-22-23)12-24-17-3-2-8-21-19(25)16(17)9-18(24)14-4-6-15(20)7-5-14/h4-7,10-11,16-18H,2-3,8-9,12H2,1H3,(H,21,25)/t16-,17+,18+/m1/s1. The van der Waals surface area contributed by atoms with Crippen LogP contribution in [0.2, 0.25) is 0 Å². The summed E-state index contributed by atoms with van der Waals surface area (Å²) in [5.74, 6) is -0.0787. The number of aromatic nitrogens is 2. The fraction of sp³-hybridized carbons (Fsp3) is 0.474. The lowest BCUT2D eigenvalue weighted by molar-refractivity contribution is -0.125. The number of fused-ring (bicyclic) bond motifs is 1. The molecule has 0 radical (unpaired) electrons. The molecule has 2 saturated heterocycles. The number of hydrogen-bond donors (Lipinski definition) is 1. The second-order valence-electron chi connectivity index (χ2n) is 7.10. The zero-order valence-corrected chi connectivity index (χ0v) is 14.4. The molecule has 1 aromatic heterocycles. The van der Waals surface area contributed by atoms with Crippen LogP contribution in [-0.4, -0.2) is 33.2 Å². The minimum absolute atomic E-state index is 0.00535. The summed E-state index contributed by atoms with van der Waals surface area (Å²) >= 11 is 0. The topological polar surface area (TPSA) is 50.2 Å². The Balaban J connectivity index is 1.67. The van der Waals surface area contributed by atoms with Gasteiger partial charge in [-0.3, -0.25) is 14.4 Å². The summed E-state index contributed by atoms with van der Waals surface area (Å²) in [5.41, 5.74) is 2.21. The van der Waals surface area contributed by atoms with Crippen LogP contribution >= 0.6 is 0 Å². The van der Waals surface area contributed by atoms with Gasteiger partial charge >= 0.3 is 0 Å². The Morgan fingerprint density at radius 3 is 2.84 bits per heavy atom. The fourth-order valence-corrected chi connectivity index (χ4v) is 4.30. The molecular weight excluding hydrogens is 319 g/mol. The number of likely N-dealkylation sites (tertiary alicyclic amines) is 1. The molecule has 132 valence electrons. The maximum Gasteiger partial charge on any atom is 0.224 e. The molecule has 0 aliphatic carbocycles. The lowest BCUT2D eigenvalue weighted by atomic mass is 9.94. The molecule has 0 bridgehead atoms. The summed E-state index contributed by atoms with van der Waals surface area (Å²) in [5, 5.41) is 7.31. The van der Waals surface area contributed by atoms with E-state index in [9.17, 15) is 9.18 Å². The third kappa shape index (κ3) is 3.18. The zero-order valence-electron chi connectivity index (χ0n) is 14.4. The van der Waals surface area contributed by atoms with Gasteiger partial charge in [0.1, 0.15) is 5.82 Å². The molecule has 4 rings (SSSR count). The van der Waals surface area contributed by atoms with Crippen LogP contribution in [0.25, 0.3) is 0 Å². The first kappa shape index (κ1) is 16.3. The number of aryl methyl sites for hydroxylation is 1. The molecule has 6 heteroatoms. The molecule has 0 spiro atoms. The Morgan fingerprint density at radius 2 is 2.12 bits per heavy atom. The normalized spacial score (nSPS) is 27.0. The van der Waals surface area contributed by atoms with Gasteiger partial charge in [-0.1, -0.05) is 12.1 Å². The molecule has 1 aromatic carbocycles. The number of rotatable bonds is 3. The monoisotopic (exact) mass is 342 g/mol. The third-order valence-corrected chi connectivity index (χ3v) is 5.46. The van der Waals surface area contributed by atoms with E-state index < -0.39 is 0 Å². The highest BCUT2D eigenvalue weighted by atomic mass is 19.1. The smallest absolute Gasteiger partial charge is 0.224 e. The molecule has 25 heavy (non-hydrogen) atoms. The van der Waals surface area contributed by atoms with Crippen LogP contribution < -0.4 is 5.32 Å². The van der Waals surface area contributed by atoms with Gasteiger partial charge in [0.15, 0.2) is 0 Å². The molecular formula is C19H23FN4O. The first-order chi connectivity index (χ1) is 12.1. The quantitative estimate of drug-likeness (QED) is 0.932. The van der Waals surface area contributed by atoms with Crippen molar-refractivity contribution in [3.8, 4) is 0 Å². The van der Waals surface area contributed by atoms with E-state index in [0.717, 1.165) is 43.5 Å². The Bertz CT molecular complexity index is 757. The summed E-state index contributed by atoms with van der Waals surface area (Å²) in [4.78, 5) is 14.9. The summed E-state index contributed by atoms with van der Waals surface area (Å²) < 4.78 is 15.1. The molecule has 2 aliphatic heterocycles. The molecule has 2 aromatic rings. The molecule has 2 fully saturated rings. The first-order valence-electron chi connectivity index (χ1n) is 8.88. The lowest BCUT2D eigenvalue weighted by Gasteiger charge is -2.30. The van der Waals surface area contributed by atoms with E-state index in [-0.39, 0.29) is 29.7 Å². The second kappa shape index (κ2) is 6.59. The van der Waals surface area contributed by atoms with Crippen molar-refractivity contribution in [3.05, 3.63) is 53.6 Å². The number of hydrogen-bond acceptors (Lipinski definition) is 3. The van der Waals surface area contributed by atoms with Crippen molar-refractivity contribution < 1.29 is 9.18 Å². The van der Waals surface area contributed by atoms with Crippen molar-refractivity contribution in [2.75, 3.05) is 6.54 Å². The first-order valence-corrected chi connectivity index (χ1v) is 8.88. The van der Waals surface area contributed by atoms with Gasteiger partial charge in [0.05, 0.1) is 12.1 Å². The number of nitrogens with one attached hydrogen (secondary N) is 1. The summed E-state index contributed by atoms with van der Waals surface area (Å²) in [6.45, 7) is 1.51. The molecule has 1 N–H and O–H groups in total. The predicted molar refractivity (Wildman–Crippen MR) is 92.0 cm³/mol. The third-order valence-electron chi connectivity index (χ3n) is 5.46.